The Labute approximate surface area is 297 Å². The first-order valence-electron chi connectivity index (χ1n) is 17.1. The predicted octanol–water partition coefficient (Wildman–Crippen LogP) is 6.86. The molecule has 3 aliphatic rings. The van der Waals surface area contributed by atoms with Crippen LogP contribution < -0.4 is 5.32 Å². The summed E-state index contributed by atoms with van der Waals surface area (Å²) in [7, 11) is 0. The van der Waals surface area contributed by atoms with Crippen molar-refractivity contribution in [2.75, 3.05) is 32.8 Å². The number of nitrogens with one attached hydrogen (secondary N) is 1. The first-order valence-corrected chi connectivity index (χ1v) is 17.1. The predicted molar refractivity (Wildman–Crippen MR) is 178 cm³/mol. The Hall–Kier alpha value is -4.24. The van der Waals surface area contributed by atoms with Crippen molar-refractivity contribution in [3.05, 3.63) is 130 Å². The van der Waals surface area contributed by atoms with E-state index in [4.69, 9.17) is 18.9 Å². The van der Waals surface area contributed by atoms with Gasteiger partial charge >= 0.3 is 0 Å². The third kappa shape index (κ3) is 7.61. The van der Waals surface area contributed by atoms with E-state index in [0.717, 1.165) is 53.7 Å². The van der Waals surface area contributed by atoms with Crippen LogP contribution >= 0.6 is 0 Å². The van der Waals surface area contributed by atoms with Crippen LogP contribution in [0.1, 0.15) is 64.3 Å². The van der Waals surface area contributed by atoms with Crippen LogP contribution in [0.4, 0.5) is 22.0 Å². The van der Waals surface area contributed by atoms with Crippen molar-refractivity contribution in [3.63, 3.8) is 0 Å². The molecule has 8 nitrogen and oxygen atoms in total. The van der Waals surface area contributed by atoms with Crippen LogP contribution in [0.5, 0.6) is 0 Å². The molecule has 0 radical (unpaired) electrons. The molecule has 3 heterocycles. The number of carbonyl (C=O) groups excluding carboxylic acids is 1. The van der Waals surface area contributed by atoms with Gasteiger partial charge in [-0.25, -0.2) is 22.0 Å². The van der Waals surface area contributed by atoms with Crippen molar-refractivity contribution in [2.45, 2.75) is 56.7 Å². The Bertz CT molecular complexity index is 1880. The van der Waals surface area contributed by atoms with Gasteiger partial charge in [-0.3, -0.25) is 4.79 Å². The second kappa shape index (κ2) is 15.4. The molecule has 3 fully saturated rings. The Balaban J connectivity index is 1.07. The third-order valence-electron chi connectivity index (χ3n) is 9.82. The highest BCUT2D eigenvalue weighted by molar-refractivity contribution is 5.94. The number of ether oxygens (including phenoxy) is 4. The topological polar surface area (TPSA) is 89.5 Å². The van der Waals surface area contributed by atoms with Crippen LogP contribution in [0.25, 0.3) is 11.1 Å². The number of rotatable bonds is 9. The number of aliphatic hydroxyl groups excluding tert-OH is 1. The summed E-state index contributed by atoms with van der Waals surface area (Å²) in [6.07, 6.45) is 1.06. The van der Waals surface area contributed by atoms with Gasteiger partial charge in [-0.1, -0.05) is 60.7 Å². The maximum atomic E-state index is 14.2. The minimum atomic E-state index is -2.33. The number of hydrogen-bond acceptors (Lipinski definition) is 7. The number of benzene rings is 4. The van der Waals surface area contributed by atoms with Crippen molar-refractivity contribution in [2.24, 2.45) is 0 Å². The molecule has 3 atom stereocenters. The highest BCUT2D eigenvalue weighted by Gasteiger charge is 2.41. The molecule has 1 amide bonds. The fourth-order valence-electron chi connectivity index (χ4n) is 6.98. The van der Waals surface area contributed by atoms with Crippen molar-refractivity contribution in [1.29, 1.82) is 0 Å². The second-order valence-corrected chi connectivity index (χ2v) is 13.2. The van der Waals surface area contributed by atoms with E-state index in [2.05, 4.69) is 10.2 Å². The van der Waals surface area contributed by atoms with Gasteiger partial charge in [0.1, 0.15) is 5.56 Å². The number of likely N-dealkylation sites (tertiary alicyclic amines) is 1. The quantitative estimate of drug-likeness (QED) is 0.111. The molecule has 0 aliphatic carbocycles. The van der Waals surface area contributed by atoms with Gasteiger partial charge in [-0.05, 0) is 39.9 Å². The minimum Gasteiger partial charge on any atom is -0.392 e. The highest BCUT2D eigenvalue weighted by atomic mass is 19.2. The van der Waals surface area contributed by atoms with Gasteiger partial charge in [-0.15, -0.1) is 0 Å². The summed E-state index contributed by atoms with van der Waals surface area (Å²) in [6.45, 7) is 3.26. The van der Waals surface area contributed by atoms with E-state index in [-0.39, 0.29) is 25.4 Å². The molecule has 7 rings (SSSR count). The van der Waals surface area contributed by atoms with E-state index in [1.54, 1.807) is 18.2 Å². The van der Waals surface area contributed by atoms with Gasteiger partial charge in [0, 0.05) is 51.0 Å². The smallest absolute Gasteiger partial charge is 0.257 e. The SMILES string of the molecule is O=C(NCc1cccc(-c2cccc([C@@H]3O[C@H](CN4CCC5(CC4)OCCO5)C[C@H](c4ccc(CO)cc4)O3)c2)c1)c1c(F)c(F)c(F)c(F)c1F. The average molecular weight is 725 g/mol. The number of carbonyl (C=O) groups is 1. The summed E-state index contributed by atoms with van der Waals surface area (Å²) in [5, 5.41) is 11.8. The lowest BCUT2D eigenvalue weighted by atomic mass is 9.97. The van der Waals surface area contributed by atoms with Gasteiger partial charge in [0.05, 0.1) is 32.0 Å². The summed E-state index contributed by atoms with van der Waals surface area (Å²) in [5.41, 5.74) is 3.05. The first-order chi connectivity index (χ1) is 25.1. The molecule has 52 heavy (non-hydrogen) atoms. The van der Waals surface area contributed by atoms with Crippen LogP contribution in [0.15, 0.2) is 72.8 Å². The maximum Gasteiger partial charge on any atom is 0.257 e. The summed E-state index contributed by atoms with van der Waals surface area (Å²) < 4.78 is 94.1. The number of amides is 1. The lowest BCUT2D eigenvalue weighted by Gasteiger charge is -2.41. The Morgan fingerprint density at radius 3 is 2.08 bits per heavy atom. The lowest BCUT2D eigenvalue weighted by molar-refractivity contribution is -0.255. The zero-order chi connectivity index (χ0) is 36.4. The van der Waals surface area contributed by atoms with Gasteiger partial charge in [-0.2, -0.15) is 0 Å². The van der Waals surface area contributed by atoms with E-state index in [0.29, 0.717) is 31.7 Å². The number of piperidine rings is 1. The fourth-order valence-corrected chi connectivity index (χ4v) is 6.98. The van der Waals surface area contributed by atoms with Crippen LogP contribution in [0.2, 0.25) is 0 Å². The number of aliphatic hydroxyl groups is 1. The van der Waals surface area contributed by atoms with E-state index in [1.165, 1.54) is 0 Å². The van der Waals surface area contributed by atoms with E-state index >= 15 is 0 Å². The molecular formula is C39H37F5N2O6. The van der Waals surface area contributed by atoms with Crippen LogP contribution in [0.3, 0.4) is 0 Å². The van der Waals surface area contributed by atoms with E-state index < -0.39 is 52.6 Å². The summed E-state index contributed by atoms with van der Waals surface area (Å²) in [4.78, 5) is 14.9. The van der Waals surface area contributed by atoms with Gasteiger partial charge in [0.25, 0.3) is 5.91 Å². The van der Waals surface area contributed by atoms with E-state index in [9.17, 15) is 31.9 Å². The molecule has 1 spiro atoms. The van der Waals surface area contributed by atoms with Crippen LogP contribution in [0, 0.1) is 29.1 Å². The standard InChI is InChI=1S/C39H37F5N2O6/c40-32-31(33(41)35(43)36(44)34(32)42)37(48)45-20-24-3-1-4-26(17-24)27-5-2-6-28(18-27)38-51-29(19-30(52-38)25-9-7-23(22-47)8-10-25)21-46-13-11-39(12-14-46)49-15-16-50-39/h1-10,17-18,29-30,38,47H,11-16,19-22H2,(H,45,48)/t29-,30+,38+/m0/s1. The summed E-state index contributed by atoms with van der Waals surface area (Å²) in [6, 6.07) is 22.2. The number of hydrogen-bond donors (Lipinski definition) is 2. The van der Waals surface area contributed by atoms with Crippen LogP contribution in [-0.4, -0.2) is 60.7 Å². The Kier molecular flexibility index (Phi) is 10.7. The maximum absolute atomic E-state index is 14.2. The zero-order valence-corrected chi connectivity index (χ0v) is 28.1. The summed E-state index contributed by atoms with van der Waals surface area (Å²) >= 11 is 0. The van der Waals surface area contributed by atoms with Crippen molar-refractivity contribution >= 4 is 5.91 Å². The molecular weight excluding hydrogens is 687 g/mol. The second-order valence-electron chi connectivity index (χ2n) is 13.2. The highest BCUT2D eigenvalue weighted by Crippen LogP contribution is 2.40. The monoisotopic (exact) mass is 724 g/mol. The molecule has 0 saturated carbocycles. The molecule has 0 bridgehead atoms. The fraction of sp³-hybridized carbons (Fsp3) is 0.359. The third-order valence-corrected chi connectivity index (χ3v) is 9.82. The molecule has 2 N–H and O–H groups in total. The molecule has 4 aromatic rings. The number of nitrogens with zero attached hydrogens (tertiary/aromatic N) is 1. The molecule has 0 aromatic heterocycles. The zero-order valence-electron chi connectivity index (χ0n) is 28.1. The van der Waals surface area contributed by atoms with Crippen molar-refractivity contribution < 1.29 is 50.8 Å². The molecule has 274 valence electrons. The van der Waals surface area contributed by atoms with Gasteiger partial charge < -0.3 is 34.3 Å². The molecule has 3 saturated heterocycles. The normalized spacial score (nSPS) is 21.8. The van der Waals surface area contributed by atoms with E-state index in [1.807, 2.05) is 54.6 Å². The van der Waals surface area contributed by atoms with Gasteiger partial charge in [0.2, 0.25) is 5.82 Å². The van der Waals surface area contributed by atoms with Crippen LogP contribution in [-0.2, 0) is 32.1 Å². The Morgan fingerprint density at radius 2 is 1.40 bits per heavy atom. The Morgan fingerprint density at radius 1 is 0.769 bits per heavy atom. The summed E-state index contributed by atoms with van der Waals surface area (Å²) in [5.74, 6) is -13.0. The number of halogens is 5. The molecule has 4 aromatic carbocycles. The molecule has 3 aliphatic heterocycles. The molecule has 13 heteroatoms. The largest absolute Gasteiger partial charge is 0.392 e. The lowest BCUT2D eigenvalue weighted by Crippen LogP contribution is -2.48. The average Bonchev–Trinajstić information content (AvgIpc) is 3.64. The molecule has 0 unspecified atom stereocenters. The first kappa shape index (κ1) is 36.1. The van der Waals surface area contributed by atoms with Crippen molar-refractivity contribution in [3.8, 4) is 11.1 Å². The van der Waals surface area contributed by atoms with Gasteiger partial charge in [0.15, 0.2) is 35.3 Å². The van der Waals surface area contributed by atoms with Crippen molar-refractivity contribution in [1.82, 2.24) is 10.2 Å². The minimum absolute atomic E-state index is 0.0598.